The highest BCUT2D eigenvalue weighted by Gasteiger charge is 2.38. The number of allylic oxidation sites excluding steroid dienone is 2. The van der Waals surface area contributed by atoms with E-state index in [1.807, 2.05) is 54.1 Å². The number of benzene rings is 3. The molecular weight excluding hydrogens is 512 g/mol. The molecule has 0 saturated heterocycles. The van der Waals surface area contributed by atoms with Crippen molar-refractivity contribution in [2.45, 2.75) is 58.3 Å². The van der Waals surface area contributed by atoms with Gasteiger partial charge in [0, 0.05) is 6.08 Å². The Morgan fingerprint density at radius 2 is 1.90 bits per heavy atom. The van der Waals surface area contributed by atoms with Gasteiger partial charge in [0.1, 0.15) is 12.7 Å². The fourth-order valence-electron chi connectivity index (χ4n) is 5.82. The molecule has 1 aliphatic heterocycles. The second-order valence-electron chi connectivity index (χ2n) is 10.4. The minimum Gasteiger partial charge on any atom is -0.437 e. The molecule has 3 aromatic carbocycles. The van der Waals surface area contributed by atoms with Gasteiger partial charge >= 0.3 is 16.2 Å². The van der Waals surface area contributed by atoms with E-state index < -0.39 is 10.3 Å². The Bertz CT molecular complexity index is 1750. The molecule has 8 heteroatoms. The van der Waals surface area contributed by atoms with E-state index in [2.05, 4.69) is 19.1 Å². The Hall–Kier alpha value is -3.62. The molecule has 202 valence electrons. The summed E-state index contributed by atoms with van der Waals surface area (Å²) >= 11 is 0. The van der Waals surface area contributed by atoms with Gasteiger partial charge < -0.3 is 9.15 Å². The molecule has 0 atom stereocenters. The van der Waals surface area contributed by atoms with Gasteiger partial charge in [-0.1, -0.05) is 50.1 Å². The predicted octanol–water partition coefficient (Wildman–Crippen LogP) is 6.80. The van der Waals surface area contributed by atoms with Gasteiger partial charge in [0.15, 0.2) is 5.75 Å². The molecule has 1 aromatic heterocycles. The summed E-state index contributed by atoms with van der Waals surface area (Å²) in [5.41, 5.74) is 5.12. The van der Waals surface area contributed by atoms with Crippen molar-refractivity contribution in [3.8, 4) is 5.75 Å². The van der Waals surface area contributed by atoms with E-state index in [0.717, 1.165) is 87.8 Å². The predicted molar refractivity (Wildman–Crippen MR) is 153 cm³/mol. The molecule has 4 aromatic rings. The zero-order valence-corrected chi connectivity index (χ0v) is 23.1. The molecule has 1 N–H and O–H groups in total. The smallest absolute Gasteiger partial charge is 0.374 e. The minimum atomic E-state index is -4.62. The monoisotopic (exact) mass is 545 g/mol. The number of anilines is 1. The maximum atomic E-state index is 12.7. The molecule has 0 fully saturated rings. The van der Waals surface area contributed by atoms with Gasteiger partial charge in [-0.2, -0.15) is 17.3 Å². The summed E-state index contributed by atoms with van der Waals surface area (Å²) in [6, 6.07) is 16.1. The molecule has 2 heterocycles. The highest BCUT2D eigenvalue weighted by molar-refractivity contribution is 7.87. The maximum absolute atomic E-state index is 12.7. The Labute approximate surface area is 228 Å². The zero-order chi connectivity index (χ0) is 27.1. The zero-order valence-electron chi connectivity index (χ0n) is 22.3. The standard InChI is InChI=1S/C31H32N2O5S/c1-3-4-10-21(19-28-32(2)30-24-14-9-8-12-22(24)15-17-26(30)37-28)20-29-33(39(34,35)36)31-25-13-7-5-6-11-23(25)16-18-27(31)38-29/h8-9,12,14-20H,3-7,10-11,13H2,1-2H3/p+1. The summed E-state index contributed by atoms with van der Waals surface area (Å²) in [6.45, 7) is 2.11. The highest BCUT2D eigenvalue weighted by atomic mass is 32.2. The van der Waals surface area contributed by atoms with E-state index in [-0.39, 0.29) is 5.88 Å². The molecule has 0 unspecified atom stereocenters. The second-order valence-corrected chi connectivity index (χ2v) is 11.7. The van der Waals surface area contributed by atoms with E-state index in [1.165, 1.54) is 0 Å². The van der Waals surface area contributed by atoms with Crippen molar-refractivity contribution < 1.29 is 26.7 Å². The van der Waals surface area contributed by atoms with Crippen LogP contribution < -0.4 is 13.6 Å². The fourth-order valence-corrected chi connectivity index (χ4v) is 6.56. The molecule has 0 spiro atoms. The number of hydrogen-bond donors (Lipinski definition) is 1. The molecule has 0 saturated carbocycles. The second kappa shape index (κ2) is 10.2. The van der Waals surface area contributed by atoms with Crippen molar-refractivity contribution in [1.82, 2.24) is 0 Å². The van der Waals surface area contributed by atoms with Gasteiger partial charge in [-0.15, -0.1) is 0 Å². The van der Waals surface area contributed by atoms with Gasteiger partial charge in [0.2, 0.25) is 11.5 Å². The summed E-state index contributed by atoms with van der Waals surface area (Å²) in [5, 5.41) is 2.23. The third-order valence-electron chi connectivity index (χ3n) is 7.74. The number of fused-ring (bicyclic) bond motifs is 6. The number of ether oxygens (including phenoxy) is 1. The highest BCUT2D eigenvalue weighted by Crippen LogP contribution is 2.46. The summed E-state index contributed by atoms with van der Waals surface area (Å²) in [5.74, 6) is 1.18. The fraction of sp³-hybridized carbons (Fsp3) is 0.323. The van der Waals surface area contributed by atoms with Crippen molar-refractivity contribution in [1.29, 1.82) is 0 Å². The first-order valence-corrected chi connectivity index (χ1v) is 15.1. The Balaban J connectivity index is 1.47. The molecule has 1 aliphatic carbocycles. The van der Waals surface area contributed by atoms with Crippen LogP contribution >= 0.6 is 0 Å². The lowest BCUT2D eigenvalue weighted by atomic mass is 10.0. The van der Waals surface area contributed by atoms with E-state index in [1.54, 1.807) is 6.08 Å². The van der Waals surface area contributed by atoms with E-state index in [4.69, 9.17) is 9.15 Å². The van der Waals surface area contributed by atoms with Crippen LogP contribution in [0, 0.1) is 0 Å². The molecule has 0 amide bonds. The molecule has 6 rings (SSSR count). The van der Waals surface area contributed by atoms with Crippen LogP contribution in [-0.2, 0) is 30.2 Å². The van der Waals surface area contributed by atoms with Crippen LogP contribution in [0.3, 0.4) is 0 Å². The van der Waals surface area contributed by atoms with Crippen LogP contribution in [0.1, 0.15) is 62.5 Å². The van der Waals surface area contributed by atoms with Crippen molar-refractivity contribution in [2.75, 3.05) is 4.31 Å². The lowest BCUT2D eigenvalue weighted by Crippen LogP contribution is -2.30. The average molecular weight is 546 g/mol. The molecule has 0 radical (unpaired) electrons. The SMILES string of the molecule is CCCCC(/C=C1\Oc2ccc3c(c2N1S(=O)(=O)O)CCCCC3)=C\c1oc2ccc3ccccc3c2[n+]1C. The summed E-state index contributed by atoms with van der Waals surface area (Å²) in [4.78, 5) is 0. The number of hydrogen-bond acceptors (Lipinski definition) is 4. The number of aryl methyl sites for hydroxylation is 2. The topological polar surface area (TPSA) is 83.9 Å². The van der Waals surface area contributed by atoms with E-state index in [9.17, 15) is 13.0 Å². The number of aromatic nitrogens is 1. The number of rotatable bonds is 6. The molecule has 7 nitrogen and oxygen atoms in total. The average Bonchev–Trinajstić information content (AvgIpc) is 3.34. The number of nitrogens with zero attached hydrogens (tertiary/aromatic N) is 2. The van der Waals surface area contributed by atoms with Crippen molar-refractivity contribution in [3.05, 3.63) is 83.1 Å². The third-order valence-corrected chi connectivity index (χ3v) is 8.57. The minimum absolute atomic E-state index is 0.0803. The lowest BCUT2D eigenvalue weighted by molar-refractivity contribution is -0.651. The van der Waals surface area contributed by atoms with Crippen LogP contribution in [0.4, 0.5) is 5.69 Å². The van der Waals surface area contributed by atoms with Gasteiger partial charge in [-0.3, -0.25) is 4.55 Å². The first-order valence-electron chi connectivity index (χ1n) is 13.7. The Kier molecular flexibility index (Phi) is 6.69. The van der Waals surface area contributed by atoms with Crippen LogP contribution in [0.5, 0.6) is 5.75 Å². The normalized spacial score (nSPS) is 16.9. The Morgan fingerprint density at radius 1 is 1.08 bits per heavy atom. The van der Waals surface area contributed by atoms with Crippen molar-refractivity contribution in [2.24, 2.45) is 7.05 Å². The van der Waals surface area contributed by atoms with Crippen LogP contribution in [0.15, 0.2) is 70.5 Å². The van der Waals surface area contributed by atoms with E-state index >= 15 is 0 Å². The van der Waals surface area contributed by atoms with Crippen molar-refractivity contribution >= 4 is 43.9 Å². The van der Waals surface area contributed by atoms with Crippen LogP contribution in [-0.4, -0.2) is 13.0 Å². The first-order chi connectivity index (χ1) is 18.8. The largest absolute Gasteiger partial charge is 0.437 e. The Morgan fingerprint density at radius 3 is 2.72 bits per heavy atom. The van der Waals surface area contributed by atoms with Gasteiger partial charge in [-0.05, 0) is 78.8 Å². The maximum Gasteiger partial charge on any atom is 0.374 e. The molecule has 2 aliphatic rings. The van der Waals surface area contributed by atoms with Gasteiger partial charge in [0.25, 0.3) is 5.52 Å². The van der Waals surface area contributed by atoms with Gasteiger partial charge in [-0.25, -0.2) is 0 Å². The summed E-state index contributed by atoms with van der Waals surface area (Å²) < 4.78 is 51.2. The number of unbranched alkanes of at least 4 members (excludes halogenated alkanes) is 1. The molecule has 0 bridgehead atoms. The first kappa shape index (κ1) is 25.6. The number of oxazole rings is 1. The van der Waals surface area contributed by atoms with Crippen molar-refractivity contribution in [3.63, 3.8) is 0 Å². The lowest BCUT2D eigenvalue weighted by Gasteiger charge is -2.18. The third kappa shape index (κ3) is 4.72. The molecule has 39 heavy (non-hydrogen) atoms. The quantitative estimate of drug-likeness (QED) is 0.164. The summed E-state index contributed by atoms with van der Waals surface area (Å²) in [7, 11) is -2.65. The molecular formula is C31H33N2O5S+. The van der Waals surface area contributed by atoms with Gasteiger partial charge in [0.05, 0.1) is 11.5 Å². The van der Waals surface area contributed by atoms with Crippen LogP contribution in [0.2, 0.25) is 0 Å². The van der Waals surface area contributed by atoms with Crippen LogP contribution in [0.25, 0.3) is 27.9 Å². The van der Waals surface area contributed by atoms with E-state index in [0.29, 0.717) is 23.7 Å². The summed E-state index contributed by atoms with van der Waals surface area (Å²) in [6.07, 6.45) is 11.0.